The number of benzene rings is 1. The third-order valence-electron chi connectivity index (χ3n) is 3.26. The molecule has 2 aromatic heterocycles. The van der Waals surface area contributed by atoms with E-state index in [1.807, 2.05) is 37.4 Å². The van der Waals surface area contributed by atoms with Crippen molar-refractivity contribution in [2.24, 2.45) is 7.05 Å². The predicted molar refractivity (Wildman–Crippen MR) is 77.3 cm³/mol. The molecule has 0 fully saturated rings. The lowest BCUT2D eigenvalue weighted by Gasteiger charge is -2.10. The maximum Gasteiger partial charge on any atom is 0.259 e. The van der Waals surface area contributed by atoms with Gasteiger partial charge in [-0.25, -0.2) is 4.98 Å². The van der Waals surface area contributed by atoms with Gasteiger partial charge in [0.25, 0.3) is 5.56 Å². The van der Waals surface area contributed by atoms with Crippen molar-refractivity contribution in [2.45, 2.75) is 13.0 Å². The smallest absolute Gasteiger partial charge is 0.259 e. The fourth-order valence-electron chi connectivity index (χ4n) is 2.26. The van der Waals surface area contributed by atoms with Gasteiger partial charge in [-0.05, 0) is 17.5 Å². The molecule has 3 rings (SSSR count). The Kier molecular flexibility index (Phi) is 2.98. The molecular formula is C14H15N5O. The number of hydrogen-bond acceptors (Lipinski definition) is 4. The van der Waals surface area contributed by atoms with Crippen LogP contribution in [0.2, 0.25) is 0 Å². The predicted octanol–water partition coefficient (Wildman–Crippen LogP) is 0.955. The van der Waals surface area contributed by atoms with E-state index in [0.29, 0.717) is 30.0 Å². The lowest BCUT2D eigenvalue weighted by atomic mass is 10.1. The quantitative estimate of drug-likeness (QED) is 0.768. The molecule has 6 nitrogen and oxygen atoms in total. The molecule has 0 atom stereocenters. The Morgan fingerprint density at radius 3 is 2.85 bits per heavy atom. The maximum absolute atomic E-state index is 12.4. The van der Waals surface area contributed by atoms with E-state index in [4.69, 9.17) is 5.73 Å². The molecular weight excluding hydrogens is 254 g/mol. The fraction of sp³-hybridized carbons (Fsp3) is 0.214. The molecule has 0 aliphatic rings. The number of nitrogens with zero attached hydrogens (tertiary/aromatic N) is 4. The highest BCUT2D eigenvalue weighted by Gasteiger charge is 2.08. The van der Waals surface area contributed by atoms with E-state index in [2.05, 4.69) is 10.1 Å². The van der Waals surface area contributed by atoms with Crippen LogP contribution in [0.25, 0.3) is 10.8 Å². The molecule has 0 amide bonds. The molecule has 2 heterocycles. The summed E-state index contributed by atoms with van der Waals surface area (Å²) in [7, 11) is 1.81. The van der Waals surface area contributed by atoms with Gasteiger partial charge in [0.15, 0.2) is 5.82 Å². The normalized spacial score (nSPS) is 11.1. The monoisotopic (exact) mass is 269 g/mol. The van der Waals surface area contributed by atoms with Crippen LogP contribution in [0.15, 0.2) is 41.5 Å². The summed E-state index contributed by atoms with van der Waals surface area (Å²) in [5.74, 6) is 1.16. The van der Waals surface area contributed by atoms with Crippen molar-refractivity contribution in [3.05, 3.63) is 52.8 Å². The molecule has 6 heteroatoms. The Hall–Kier alpha value is -2.63. The summed E-state index contributed by atoms with van der Waals surface area (Å²) in [5, 5.41) is 5.74. The van der Waals surface area contributed by atoms with Crippen molar-refractivity contribution in [1.29, 1.82) is 0 Å². The van der Waals surface area contributed by atoms with Crippen LogP contribution in [-0.4, -0.2) is 19.3 Å². The second-order valence-corrected chi connectivity index (χ2v) is 4.70. The van der Waals surface area contributed by atoms with Crippen molar-refractivity contribution in [1.82, 2.24) is 19.3 Å². The molecule has 3 aromatic rings. The van der Waals surface area contributed by atoms with Crippen molar-refractivity contribution in [3.8, 4) is 0 Å². The highest BCUT2D eigenvalue weighted by molar-refractivity contribution is 5.83. The minimum absolute atomic E-state index is 0.0727. The number of nitrogens with two attached hydrogens (primary N) is 1. The maximum atomic E-state index is 12.4. The summed E-state index contributed by atoms with van der Waals surface area (Å²) in [6.45, 7) is 0.472. The van der Waals surface area contributed by atoms with E-state index >= 15 is 0 Å². The van der Waals surface area contributed by atoms with Crippen molar-refractivity contribution in [2.75, 3.05) is 5.73 Å². The number of anilines is 1. The Morgan fingerprint density at radius 2 is 2.10 bits per heavy atom. The van der Waals surface area contributed by atoms with Crippen LogP contribution in [0.1, 0.15) is 5.82 Å². The molecule has 2 N–H and O–H groups in total. The summed E-state index contributed by atoms with van der Waals surface area (Å²) < 4.78 is 3.21. The molecule has 0 spiro atoms. The fourth-order valence-corrected chi connectivity index (χ4v) is 2.26. The standard InChI is InChI=1S/C14H15N5O/c1-18-9-16-13(17-18)6-7-19-12(15)8-10-4-2-3-5-11(10)14(19)20/h2-5,8-9H,6-7,15H2,1H3. The van der Waals surface area contributed by atoms with Gasteiger partial charge in [0.05, 0.1) is 0 Å². The molecule has 102 valence electrons. The second-order valence-electron chi connectivity index (χ2n) is 4.70. The van der Waals surface area contributed by atoms with Crippen molar-refractivity contribution < 1.29 is 0 Å². The minimum Gasteiger partial charge on any atom is -0.385 e. The van der Waals surface area contributed by atoms with Gasteiger partial charge in [-0.15, -0.1) is 0 Å². The summed E-state index contributed by atoms with van der Waals surface area (Å²) in [6, 6.07) is 9.26. The van der Waals surface area contributed by atoms with Crippen LogP contribution in [0, 0.1) is 0 Å². The zero-order valence-corrected chi connectivity index (χ0v) is 11.2. The van der Waals surface area contributed by atoms with Crippen LogP contribution in [-0.2, 0) is 20.0 Å². The number of aryl methyl sites for hydroxylation is 2. The summed E-state index contributed by atoms with van der Waals surface area (Å²) in [4.78, 5) is 16.6. The zero-order chi connectivity index (χ0) is 14.1. The van der Waals surface area contributed by atoms with Crippen molar-refractivity contribution in [3.63, 3.8) is 0 Å². The third kappa shape index (κ3) is 2.16. The van der Waals surface area contributed by atoms with Gasteiger partial charge in [0.1, 0.15) is 12.1 Å². The number of fused-ring (bicyclic) bond motifs is 1. The van der Waals surface area contributed by atoms with Crippen molar-refractivity contribution >= 4 is 16.6 Å². The Labute approximate surface area is 115 Å². The lowest BCUT2D eigenvalue weighted by molar-refractivity contribution is 0.651. The molecule has 0 radical (unpaired) electrons. The first-order valence-electron chi connectivity index (χ1n) is 6.38. The largest absolute Gasteiger partial charge is 0.385 e. The zero-order valence-electron chi connectivity index (χ0n) is 11.2. The molecule has 0 aliphatic carbocycles. The number of rotatable bonds is 3. The van der Waals surface area contributed by atoms with Gasteiger partial charge in [0, 0.05) is 25.4 Å². The van der Waals surface area contributed by atoms with Crippen LogP contribution in [0.3, 0.4) is 0 Å². The number of nitrogen functional groups attached to an aromatic ring is 1. The Bertz CT molecular complexity index is 818. The Morgan fingerprint density at radius 1 is 1.30 bits per heavy atom. The van der Waals surface area contributed by atoms with Gasteiger partial charge < -0.3 is 5.73 Å². The molecule has 0 saturated carbocycles. The lowest BCUT2D eigenvalue weighted by Crippen LogP contribution is -2.24. The molecule has 0 unspecified atom stereocenters. The average Bonchev–Trinajstić information content (AvgIpc) is 2.84. The van der Waals surface area contributed by atoms with Gasteiger partial charge in [-0.2, -0.15) is 5.10 Å². The highest BCUT2D eigenvalue weighted by Crippen LogP contribution is 2.13. The summed E-state index contributed by atoms with van der Waals surface area (Å²) in [6.07, 6.45) is 2.21. The molecule has 0 bridgehead atoms. The van der Waals surface area contributed by atoms with Crippen LogP contribution >= 0.6 is 0 Å². The average molecular weight is 269 g/mol. The minimum atomic E-state index is -0.0727. The second kappa shape index (κ2) is 4.80. The first kappa shape index (κ1) is 12.4. The van der Waals surface area contributed by atoms with E-state index in [0.717, 1.165) is 5.39 Å². The Balaban J connectivity index is 1.97. The number of hydrogen-bond donors (Lipinski definition) is 1. The highest BCUT2D eigenvalue weighted by atomic mass is 16.1. The van der Waals surface area contributed by atoms with E-state index in [-0.39, 0.29) is 5.56 Å². The number of aromatic nitrogens is 4. The topological polar surface area (TPSA) is 78.7 Å². The molecule has 20 heavy (non-hydrogen) atoms. The number of pyridine rings is 1. The first-order chi connectivity index (χ1) is 9.65. The summed E-state index contributed by atoms with van der Waals surface area (Å²) in [5.41, 5.74) is 5.90. The van der Waals surface area contributed by atoms with Crippen LogP contribution < -0.4 is 11.3 Å². The first-order valence-corrected chi connectivity index (χ1v) is 6.38. The van der Waals surface area contributed by atoms with E-state index in [1.165, 1.54) is 0 Å². The van der Waals surface area contributed by atoms with E-state index < -0.39 is 0 Å². The molecule has 1 aromatic carbocycles. The van der Waals surface area contributed by atoms with Gasteiger partial charge in [-0.3, -0.25) is 14.0 Å². The summed E-state index contributed by atoms with van der Waals surface area (Å²) >= 11 is 0. The van der Waals surface area contributed by atoms with E-state index in [1.54, 1.807) is 15.6 Å². The van der Waals surface area contributed by atoms with Gasteiger partial charge >= 0.3 is 0 Å². The molecule has 0 saturated heterocycles. The van der Waals surface area contributed by atoms with Gasteiger partial charge in [0.2, 0.25) is 0 Å². The van der Waals surface area contributed by atoms with Crippen LogP contribution in [0.5, 0.6) is 0 Å². The third-order valence-corrected chi connectivity index (χ3v) is 3.26. The SMILES string of the molecule is Cn1cnc(CCn2c(N)cc3ccccc3c2=O)n1. The molecule has 0 aliphatic heterocycles. The van der Waals surface area contributed by atoms with Gasteiger partial charge in [-0.1, -0.05) is 18.2 Å². The van der Waals surface area contributed by atoms with Crippen LogP contribution in [0.4, 0.5) is 5.82 Å². The van der Waals surface area contributed by atoms with E-state index in [9.17, 15) is 4.79 Å².